The van der Waals surface area contributed by atoms with E-state index >= 15 is 0 Å². The van der Waals surface area contributed by atoms with Gasteiger partial charge in [-0.2, -0.15) is 26.3 Å². The van der Waals surface area contributed by atoms with Crippen molar-refractivity contribution in [3.8, 4) is 11.5 Å². The van der Waals surface area contributed by atoms with Crippen LogP contribution in [0.1, 0.15) is 69.2 Å². The molecule has 4 aromatic carbocycles. The van der Waals surface area contributed by atoms with Crippen molar-refractivity contribution >= 4 is 51.4 Å². The second-order valence-electron chi connectivity index (χ2n) is 16.8. The first-order chi connectivity index (χ1) is 33.7. The SMILES string of the molecule is CS(=O)(=O)CCc1cc(C(F)(F)F)ccc1[C@@H]1CCOc2cc(S(=O)(=O)Nc3ccncn3)ccc21.CS(=O)(=O)CCc1cc(C(F)(F)F)ccc1[C@H]1CCOc2cc(S(=O)(=O)Nc3ccncn3)ccc21. The predicted octanol–water partition coefficient (Wildman–Crippen LogP) is 7.60. The molecule has 0 amide bonds. The van der Waals surface area contributed by atoms with Crippen LogP contribution in [0.4, 0.5) is 38.0 Å². The number of hydrogen-bond donors (Lipinski definition) is 2. The molecule has 2 aliphatic heterocycles. The van der Waals surface area contributed by atoms with Gasteiger partial charge < -0.3 is 9.47 Å². The Labute approximate surface area is 411 Å². The van der Waals surface area contributed by atoms with E-state index in [1.165, 1.54) is 73.6 Å². The maximum absolute atomic E-state index is 13.4. The van der Waals surface area contributed by atoms with E-state index in [0.29, 0.717) is 35.1 Å². The number of nitrogens with one attached hydrogen (secondary N) is 2. The number of alkyl halides is 6. The van der Waals surface area contributed by atoms with Gasteiger partial charge in [0.15, 0.2) is 0 Å². The van der Waals surface area contributed by atoms with Gasteiger partial charge in [-0.25, -0.2) is 53.6 Å². The van der Waals surface area contributed by atoms with E-state index in [0.717, 1.165) is 36.8 Å². The van der Waals surface area contributed by atoms with Gasteiger partial charge in [-0.3, -0.25) is 9.44 Å². The summed E-state index contributed by atoms with van der Waals surface area (Å²) < 4.78 is 194. The lowest BCUT2D eigenvalue weighted by Crippen LogP contribution is -2.19. The van der Waals surface area contributed by atoms with E-state index in [-0.39, 0.29) is 81.6 Å². The molecule has 8 rings (SSSR count). The lowest BCUT2D eigenvalue weighted by molar-refractivity contribution is -0.138. The zero-order valence-electron chi connectivity index (χ0n) is 38.0. The molecule has 0 bridgehead atoms. The zero-order valence-corrected chi connectivity index (χ0v) is 41.2. The summed E-state index contributed by atoms with van der Waals surface area (Å²) in [6, 6.07) is 18.0. The van der Waals surface area contributed by atoms with Crippen molar-refractivity contribution in [2.45, 2.75) is 59.7 Å². The number of aromatic nitrogens is 4. The molecule has 0 saturated carbocycles. The molecule has 0 fully saturated rings. The number of aryl methyl sites for hydroxylation is 2. The molecule has 2 N–H and O–H groups in total. The van der Waals surface area contributed by atoms with Crippen molar-refractivity contribution in [2.24, 2.45) is 0 Å². The molecule has 384 valence electrons. The van der Waals surface area contributed by atoms with Crippen molar-refractivity contribution in [1.29, 1.82) is 0 Å². The fraction of sp³-hybridized carbons (Fsp3) is 0.304. The second-order valence-corrected chi connectivity index (χ2v) is 24.6. The van der Waals surface area contributed by atoms with Gasteiger partial charge in [-0.1, -0.05) is 24.3 Å². The summed E-state index contributed by atoms with van der Waals surface area (Å²) in [6.07, 6.45) is -1.24. The third kappa shape index (κ3) is 13.6. The number of fused-ring (bicyclic) bond motifs is 2. The van der Waals surface area contributed by atoms with Crippen LogP contribution >= 0.6 is 0 Å². The third-order valence-corrected chi connectivity index (χ3v) is 16.1. The lowest BCUT2D eigenvalue weighted by Gasteiger charge is -2.29. The summed E-state index contributed by atoms with van der Waals surface area (Å²) in [5.74, 6) is -0.679. The largest absolute Gasteiger partial charge is 0.493 e. The first-order valence-corrected chi connectivity index (χ1v) is 28.6. The Hall–Kier alpha value is -6.38. The molecule has 6 aromatic rings. The minimum atomic E-state index is -4.58. The predicted molar refractivity (Wildman–Crippen MR) is 252 cm³/mol. The van der Waals surface area contributed by atoms with Crippen molar-refractivity contribution in [3.63, 3.8) is 0 Å². The van der Waals surface area contributed by atoms with E-state index < -0.39 is 75.0 Å². The number of sulfonamides is 2. The average Bonchev–Trinajstić information content (AvgIpc) is 3.31. The summed E-state index contributed by atoms with van der Waals surface area (Å²) >= 11 is 0. The first kappa shape index (κ1) is 53.4. The van der Waals surface area contributed by atoms with Gasteiger partial charge in [-0.15, -0.1) is 0 Å². The standard InChI is InChI=1S/2C23H22F3N3O5S2/c2*1-35(30,31)11-8-15-12-16(23(24,25)26)2-4-18(15)19-7-10-34-21-13-17(3-5-20(19)21)36(32,33)29-22-6-9-27-14-28-22/h2*2-6,9,12-14,19H,7-8,10-11H2,1H3,(H,27,28,29)/t2*19-/m10/s1. The molecule has 2 aromatic heterocycles. The topological polar surface area (TPSA) is 231 Å². The van der Waals surface area contributed by atoms with Crippen LogP contribution in [-0.4, -0.2) is 90.8 Å². The van der Waals surface area contributed by atoms with Gasteiger partial charge in [0.2, 0.25) is 0 Å². The molecular formula is C46H44F6N6O10S4. The molecule has 4 heterocycles. The first-order valence-electron chi connectivity index (χ1n) is 21.5. The van der Waals surface area contributed by atoms with Gasteiger partial charge >= 0.3 is 12.4 Å². The highest BCUT2D eigenvalue weighted by Crippen LogP contribution is 2.44. The van der Waals surface area contributed by atoms with Crippen LogP contribution < -0.4 is 18.9 Å². The monoisotopic (exact) mass is 1080 g/mol. The molecule has 2 atom stereocenters. The van der Waals surface area contributed by atoms with Gasteiger partial charge in [0.25, 0.3) is 20.0 Å². The Morgan fingerprint density at radius 1 is 0.528 bits per heavy atom. The van der Waals surface area contributed by atoms with Gasteiger partial charge in [0, 0.05) is 60.0 Å². The fourth-order valence-corrected chi connectivity index (χ4v) is 11.3. The number of nitrogens with zero attached hydrogens (tertiary/aromatic N) is 4. The molecule has 2 aliphatic rings. The Morgan fingerprint density at radius 3 is 1.24 bits per heavy atom. The van der Waals surface area contributed by atoms with Gasteiger partial charge in [0.1, 0.15) is 55.5 Å². The van der Waals surface area contributed by atoms with Crippen molar-refractivity contribution in [1.82, 2.24) is 19.9 Å². The molecule has 72 heavy (non-hydrogen) atoms. The molecule has 0 unspecified atom stereocenters. The minimum Gasteiger partial charge on any atom is -0.493 e. The Bertz CT molecular complexity index is 3180. The van der Waals surface area contributed by atoms with Crippen molar-refractivity contribution in [3.05, 3.63) is 154 Å². The van der Waals surface area contributed by atoms with Crippen LogP contribution in [0, 0.1) is 0 Å². The van der Waals surface area contributed by atoms with Crippen LogP contribution in [0.3, 0.4) is 0 Å². The molecular weight excluding hydrogens is 1040 g/mol. The van der Waals surface area contributed by atoms with E-state index in [9.17, 15) is 60.0 Å². The van der Waals surface area contributed by atoms with Crippen molar-refractivity contribution < 1.29 is 69.5 Å². The number of hydrogen-bond acceptors (Lipinski definition) is 14. The number of benzene rings is 4. The quantitative estimate of drug-likeness (QED) is 0.100. The van der Waals surface area contributed by atoms with Crippen LogP contribution in [-0.2, 0) is 64.9 Å². The Balaban J connectivity index is 0.000000211. The summed E-state index contributed by atoms with van der Waals surface area (Å²) in [7, 11) is -14.8. The molecule has 0 saturated heterocycles. The van der Waals surface area contributed by atoms with Gasteiger partial charge in [0.05, 0.1) is 45.6 Å². The molecule has 0 spiro atoms. The highest BCUT2D eigenvalue weighted by Gasteiger charge is 2.35. The number of ether oxygens (including phenoxy) is 2. The van der Waals surface area contributed by atoms with E-state index in [1.807, 2.05) is 0 Å². The maximum Gasteiger partial charge on any atom is 0.416 e. The second kappa shape index (κ2) is 21.0. The van der Waals surface area contributed by atoms with E-state index in [1.54, 1.807) is 12.1 Å². The molecule has 0 aliphatic carbocycles. The van der Waals surface area contributed by atoms with Crippen LogP contribution in [0.5, 0.6) is 11.5 Å². The highest BCUT2D eigenvalue weighted by atomic mass is 32.2. The van der Waals surface area contributed by atoms with Crippen molar-refractivity contribution in [2.75, 3.05) is 46.7 Å². The number of anilines is 2. The van der Waals surface area contributed by atoms with Crippen LogP contribution in [0.25, 0.3) is 0 Å². The lowest BCUT2D eigenvalue weighted by atomic mass is 9.83. The van der Waals surface area contributed by atoms with Crippen LogP contribution in [0.2, 0.25) is 0 Å². The Morgan fingerprint density at radius 2 is 0.903 bits per heavy atom. The summed E-state index contributed by atoms with van der Waals surface area (Å²) in [5.41, 5.74) is 1.12. The normalized spacial score (nSPS) is 16.2. The fourth-order valence-electron chi connectivity index (χ4n) is 8.08. The van der Waals surface area contributed by atoms with Crippen LogP contribution in [0.15, 0.2) is 120 Å². The van der Waals surface area contributed by atoms with E-state index in [2.05, 4.69) is 29.4 Å². The third-order valence-electron chi connectivity index (χ3n) is 11.5. The number of halogens is 6. The minimum absolute atomic E-state index is 0.0785. The molecule has 0 radical (unpaired) electrons. The maximum atomic E-state index is 13.4. The highest BCUT2D eigenvalue weighted by molar-refractivity contribution is 7.93. The van der Waals surface area contributed by atoms with E-state index in [4.69, 9.17) is 9.47 Å². The summed E-state index contributed by atoms with van der Waals surface area (Å²) in [5, 5.41) is 0. The number of sulfone groups is 2. The summed E-state index contributed by atoms with van der Waals surface area (Å²) in [6.45, 7) is 0.403. The summed E-state index contributed by atoms with van der Waals surface area (Å²) in [4.78, 5) is 15.0. The smallest absolute Gasteiger partial charge is 0.416 e. The molecule has 26 heteroatoms. The average molecular weight is 1080 g/mol. The number of rotatable bonds is 14. The molecule has 16 nitrogen and oxygen atoms in total. The zero-order chi connectivity index (χ0) is 52.3. The Kier molecular flexibility index (Phi) is 15.6. The van der Waals surface area contributed by atoms with Gasteiger partial charge in [-0.05, 0) is 96.5 Å².